The molecule has 8 nitrogen and oxygen atoms in total. The Labute approximate surface area is 86.6 Å². The van der Waals surface area contributed by atoms with E-state index in [1.54, 1.807) is 0 Å². The molecule has 3 N–H and O–H groups in total. The molecule has 0 bridgehead atoms. The third-order valence-corrected chi connectivity index (χ3v) is 1.89. The zero-order chi connectivity index (χ0) is 10.7. The highest BCUT2D eigenvalue weighted by Crippen LogP contribution is 2.10. The van der Waals surface area contributed by atoms with Gasteiger partial charge < -0.3 is 0 Å². The average molecular weight is 226 g/mol. The maximum Gasteiger partial charge on any atom is 0.260 e. The summed E-state index contributed by atoms with van der Waals surface area (Å²) in [5.41, 5.74) is 0.502. The largest absolute Gasteiger partial charge is 0.289 e. The first-order chi connectivity index (χ1) is 7.25. The van der Waals surface area contributed by atoms with Crippen molar-refractivity contribution in [2.24, 2.45) is 0 Å². The van der Waals surface area contributed by atoms with Crippen molar-refractivity contribution in [1.29, 1.82) is 0 Å². The van der Waals surface area contributed by atoms with Gasteiger partial charge in [0.2, 0.25) is 0 Å². The molecule has 0 spiro atoms. The molecule has 2 heterocycles. The second-order valence-corrected chi connectivity index (χ2v) is 3.17. The van der Waals surface area contributed by atoms with E-state index in [4.69, 9.17) is 4.55 Å². The van der Waals surface area contributed by atoms with Gasteiger partial charge in [0.1, 0.15) is 12.0 Å². The minimum Gasteiger partial charge on any atom is -0.289 e. The lowest BCUT2D eigenvalue weighted by Gasteiger charge is -1.99. The van der Waals surface area contributed by atoms with Crippen molar-refractivity contribution in [3.8, 4) is 11.5 Å². The fourth-order valence-electron chi connectivity index (χ4n) is 0.921. The topological polar surface area (TPSA) is 117 Å². The van der Waals surface area contributed by atoms with E-state index in [0.717, 1.165) is 0 Å². The number of aromatic nitrogens is 5. The number of hydrogen-bond acceptors (Lipinski definition) is 5. The van der Waals surface area contributed by atoms with Gasteiger partial charge in [0, 0.05) is 0 Å². The molecule has 0 aliphatic heterocycles. The number of aromatic amines is 1. The van der Waals surface area contributed by atoms with Crippen LogP contribution in [0.3, 0.4) is 0 Å². The van der Waals surface area contributed by atoms with Gasteiger partial charge in [0.05, 0.1) is 12.4 Å². The van der Waals surface area contributed by atoms with Crippen molar-refractivity contribution in [2.45, 2.75) is 0 Å². The van der Waals surface area contributed by atoms with Gasteiger partial charge in [-0.15, -0.1) is 0 Å². The number of anilines is 1. The Morgan fingerprint density at radius 3 is 2.73 bits per heavy atom. The van der Waals surface area contributed by atoms with Crippen molar-refractivity contribution < 1.29 is 8.76 Å². The van der Waals surface area contributed by atoms with Gasteiger partial charge in [-0.25, -0.2) is 19.2 Å². The minimum absolute atomic E-state index is 0.207. The van der Waals surface area contributed by atoms with Gasteiger partial charge in [-0.1, -0.05) is 0 Å². The summed E-state index contributed by atoms with van der Waals surface area (Å²) in [6, 6.07) is 0. The highest BCUT2D eigenvalue weighted by atomic mass is 32.2. The number of H-pyrrole nitrogens is 1. The molecule has 0 amide bonds. The molecule has 78 valence electrons. The van der Waals surface area contributed by atoms with Crippen molar-refractivity contribution in [3.63, 3.8) is 0 Å². The predicted octanol–water partition coefficient (Wildman–Crippen LogP) is -0.190. The SMILES string of the molecule is O=S(O)Nc1cnc(-c2ncn[nH]2)cn1. The van der Waals surface area contributed by atoms with Crippen LogP contribution < -0.4 is 4.72 Å². The quantitative estimate of drug-likeness (QED) is 0.624. The Kier molecular flexibility index (Phi) is 2.65. The lowest BCUT2D eigenvalue weighted by atomic mass is 10.4. The van der Waals surface area contributed by atoms with Crippen molar-refractivity contribution >= 4 is 17.1 Å². The van der Waals surface area contributed by atoms with E-state index in [-0.39, 0.29) is 5.82 Å². The fourth-order valence-corrected chi connectivity index (χ4v) is 1.21. The minimum atomic E-state index is -2.15. The Hall–Kier alpha value is -1.87. The number of hydrogen-bond donors (Lipinski definition) is 3. The van der Waals surface area contributed by atoms with E-state index in [1.807, 2.05) is 0 Å². The molecule has 0 saturated heterocycles. The molecule has 0 aromatic carbocycles. The first-order valence-corrected chi connectivity index (χ1v) is 4.91. The van der Waals surface area contributed by atoms with Crippen LogP contribution in [0.4, 0.5) is 5.82 Å². The zero-order valence-corrected chi connectivity index (χ0v) is 8.10. The monoisotopic (exact) mass is 226 g/mol. The summed E-state index contributed by atoms with van der Waals surface area (Å²) in [6.45, 7) is 0. The molecule has 2 aromatic rings. The predicted molar refractivity (Wildman–Crippen MR) is 51.8 cm³/mol. The molecule has 0 radical (unpaired) electrons. The van der Waals surface area contributed by atoms with Gasteiger partial charge in [-0.05, 0) is 0 Å². The van der Waals surface area contributed by atoms with Crippen LogP contribution in [-0.2, 0) is 11.3 Å². The first-order valence-electron chi connectivity index (χ1n) is 3.81. The summed E-state index contributed by atoms with van der Waals surface area (Å²) in [7, 11) is 0. The Morgan fingerprint density at radius 2 is 2.20 bits per heavy atom. The van der Waals surface area contributed by atoms with Gasteiger partial charge in [-0.2, -0.15) is 5.10 Å². The van der Waals surface area contributed by atoms with Crippen LogP contribution in [0.15, 0.2) is 18.7 Å². The molecule has 9 heteroatoms. The summed E-state index contributed by atoms with van der Waals surface area (Å²) in [4.78, 5) is 11.7. The van der Waals surface area contributed by atoms with Gasteiger partial charge in [0.25, 0.3) is 11.3 Å². The summed E-state index contributed by atoms with van der Waals surface area (Å²) < 4.78 is 21.1. The lowest BCUT2D eigenvalue weighted by molar-refractivity contribution is 0.570. The fraction of sp³-hybridized carbons (Fsp3) is 0. The molecule has 2 aromatic heterocycles. The van der Waals surface area contributed by atoms with Crippen molar-refractivity contribution in [3.05, 3.63) is 18.7 Å². The second-order valence-electron chi connectivity index (χ2n) is 2.47. The van der Waals surface area contributed by atoms with Crippen LogP contribution in [0.25, 0.3) is 11.5 Å². The van der Waals surface area contributed by atoms with Crippen molar-refractivity contribution in [2.75, 3.05) is 4.72 Å². The molecule has 0 aliphatic rings. The van der Waals surface area contributed by atoms with Crippen LogP contribution in [0.1, 0.15) is 0 Å². The second kappa shape index (κ2) is 4.11. The van der Waals surface area contributed by atoms with Gasteiger partial charge in [-0.3, -0.25) is 14.4 Å². The van der Waals surface area contributed by atoms with E-state index < -0.39 is 11.3 Å². The van der Waals surface area contributed by atoms with Crippen LogP contribution >= 0.6 is 0 Å². The molecule has 0 saturated carbocycles. The Morgan fingerprint density at radius 1 is 1.33 bits per heavy atom. The molecule has 0 aliphatic carbocycles. The summed E-state index contributed by atoms with van der Waals surface area (Å²) in [6.07, 6.45) is 4.09. The Bertz CT molecular complexity index is 455. The van der Waals surface area contributed by atoms with E-state index in [1.165, 1.54) is 18.7 Å². The maximum atomic E-state index is 10.4. The summed E-state index contributed by atoms with van der Waals surface area (Å²) in [5.74, 6) is 0.693. The van der Waals surface area contributed by atoms with Crippen LogP contribution in [0.5, 0.6) is 0 Å². The molecule has 2 rings (SSSR count). The lowest BCUT2D eigenvalue weighted by Crippen LogP contribution is -2.04. The number of nitrogens with zero attached hydrogens (tertiary/aromatic N) is 4. The molecular formula is C6H6N6O2S. The highest BCUT2D eigenvalue weighted by molar-refractivity contribution is 7.80. The van der Waals surface area contributed by atoms with E-state index >= 15 is 0 Å². The zero-order valence-electron chi connectivity index (χ0n) is 7.28. The molecule has 15 heavy (non-hydrogen) atoms. The third kappa shape index (κ3) is 2.33. The van der Waals surface area contributed by atoms with Crippen LogP contribution in [-0.4, -0.2) is 33.9 Å². The molecule has 1 atom stereocenters. The highest BCUT2D eigenvalue weighted by Gasteiger charge is 2.03. The standard InChI is InChI=1S/C6H6N6O2S/c13-15(14)12-5-2-7-4(1-8-5)6-9-3-10-11-6/h1-3H,(H,8,12)(H,13,14)(H,9,10,11). The van der Waals surface area contributed by atoms with Gasteiger partial charge >= 0.3 is 0 Å². The van der Waals surface area contributed by atoms with Gasteiger partial charge in [0.15, 0.2) is 11.6 Å². The maximum absolute atomic E-state index is 10.4. The average Bonchev–Trinajstić information content (AvgIpc) is 2.71. The summed E-state index contributed by atoms with van der Waals surface area (Å²) in [5, 5.41) is 6.28. The van der Waals surface area contributed by atoms with E-state index in [9.17, 15) is 4.21 Å². The van der Waals surface area contributed by atoms with Crippen molar-refractivity contribution in [1.82, 2.24) is 25.1 Å². The smallest absolute Gasteiger partial charge is 0.260 e. The third-order valence-electron chi connectivity index (χ3n) is 1.50. The first kappa shape index (κ1) is 9.68. The summed E-state index contributed by atoms with van der Waals surface area (Å²) >= 11 is -2.15. The normalized spacial score (nSPS) is 12.3. The molecule has 0 fully saturated rings. The van der Waals surface area contributed by atoms with E-state index in [0.29, 0.717) is 11.5 Å². The number of nitrogens with one attached hydrogen (secondary N) is 2. The number of rotatable bonds is 3. The molecule has 1 unspecified atom stereocenters. The van der Waals surface area contributed by atoms with Crippen LogP contribution in [0, 0.1) is 0 Å². The van der Waals surface area contributed by atoms with Crippen LogP contribution in [0.2, 0.25) is 0 Å². The van der Waals surface area contributed by atoms with E-state index in [2.05, 4.69) is 29.9 Å². The molecular weight excluding hydrogens is 220 g/mol. The Balaban J connectivity index is 2.21.